The van der Waals surface area contributed by atoms with Gasteiger partial charge in [-0.25, -0.2) is 13.2 Å². The number of carbonyl (C=O) groups is 3. The van der Waals surface area contributed by atoms with E-state index in [0.29, 0.717) is 43.8 Å². The number of para-hydroxylation sites is 1. The van der Waals surface area contributed by atoms with Gasteiger partial charge in [-0.2, -0.15) is 4.58 Å². The van der Waals surface area contributed by atoms with Gasteiger partial charge in [0.15, 0.2) is 13.3 Å². The Labute approximate surface area is 345 Å². The van der Waals surface area contributed by atoms with Gasteiger partial charge in [0.2, 0.25) is 5.69 Å². The largest absolute Gasteiger partial charge is 1.00 e. The maximum absolute atomic E-state index is 12.3. The number of rotatable bonds is 16. The normalized spacial score (nSPS) is 19.4. The molecule has 1 saturated heterocycles. The van der Waals surface area contributed by atoms with Gasteiger partial charge in [0.05, 0.1) is 15.5 Å². The zero-order chi connectivity index (χ0) is 39.5. The molecule has 55 heavy (non-hydrogen) atoms. The van der Waals surface area contributed by atoms with Gasteiger partial charge in [0.1, 0.15) is 6.54 Å². The Morgan fingerprint density at radius 3 is 2.31 bits per heavy atom. The van der Waals surface area contributed by atoms with Gasteiger partial charge in [-0.1, -0.05) is 56.7 Å². The molecule has 1 atom stereocenters. The van der Waals surface area contributed by atoms with Crippen LogP contribution in [0.25, 0.3) is 0 Å². The molecule has 0 radical (unpaired) electrons. The summed E-state index contributed by atoms with van der Waals surface area (Å²) in [6, 6.07) is 12.7. The van der Waals surface area contributed by atoms with Crippen LogP contribution in [0.5, 0.6) is 0 Å². The third kappa shape index (κ3) is 10.4. The van der Waals surface area contributed by atoms with Crippen molar-refractivity contribution < 1.29 is 80.7 Å². The number of hydrogen-bond acceptors (Lipinski definition) is 10. The molecule has 0 aromatic heterocycles. The molecule has 290 valence electrons. The Bertz CT molecular complexity index is 2090. The number of hydroxylamine groups is 2. The van der Waals surface area contributed by atoms with Crippen molar-refractivity contribution in [3.8, 4) is 0 Å². The molecule has 5 rings (SSSR count). The van der Waals surface area contributed by atoms with Crippen molar-refractivity contribution in [1.29, 1.82) is 0 Å². The van der Waals surface area contributed by atoms with E-state index in [1.807, 2.05) is 62.4 Å². The summed E-state index contributed by atoms with van der Waals surface area (Å²) in [7, 11) is -9.03. The first-order chi connectivity index (χ1) is 25.3. The molecular formula is C39H47N3NaO10PS. The van der Waals surface area contributed by atoms with E-state index in [0.717, 1.165) is 33.9 Å². The Balaban J connectivity index is 0.00000673. The monoisotopic (exact) mass is 803 g/mol. The molecule has 3 aliphatic rings. The van der Waals surface area contributed by atoms with E-state index in [9.17, 15) is 41.7 Å². The van der Waals surface area contributed by atoms with E-state index in [2.05, 4.69) is 29.4 Å². The Morgan fingerprint density at radius 2 is 1.64 bits per heavy atom. The number of fused-ring (bicyclic) bond motifs is 2. The molecule has 3 heterocycles. The molecule has 2 aromatic carbocycles. The molecule has 1 fully saturated rings. The van der Waals surface area contributed by atoms with Gasteiger partial charge in [-0.05, 0) is 62.9 Å². The molecule has 1 N–H and O–H groups in total. The minimum Gasteiger partial charge on any atom is -0.775 e. The van der Waals surface area contributed by atoms with Crippen LogP contribution in [0.2, 0.25) is 0 Å². The van der Waals surface area contributed by atoms with Crippen molar-refractivity contribution in [3.05, 3.63) is 89.7 Å². The van der Waals surface area contributed by atoms with Crippen molar-refractivity contribution in [2.75, 3.05) is 23.7 Å². The number of unbranched alkanes of at least 4 members (excludes halogenated alkanes) is 3. The van der Waals surface area contributed by atoms with E-state index in [-0.39, 0.29) is 66.0 Å². The van der Waals surface area contributed by atoms with Crippen molar-refractivity contribution >= 4 is 57.9 Å². The first-order valence-corrected chi connectivity index (χ1v) is 21.2. The summed E-state index contributed by atoms with van der Waals surface area (Å²) in [4.78, 5) is 64.8. The number of imide groups is 1. The van der Waals surface area contributed by atoms with E-state index < -0.39 is 46.7 Å². The number of hydrogen-bond donors (Lipinski definition) is 1. The SMILES string of the molecule is CC1(C)C(=CC=CC=CC2=[N+](CCCCS(=O)(=O)[O-])c3ccccc3C2(C)C)N(CCCCCC(=O)ON2C(=O)CCC2=O)c2ccc(P(=O)([O-])O)cc21.[Na+]. The topological polar surface area (TPSA) is 187 Å². The van der Waals surface area contributed by atoms with Crippen LogP contribution < -0.4 is 44.7 Å². The summed E-state index contributed by atoms with van der Waals surface area (Å²) < 4.78 is 47.8. The van der Waals surface area contributed by atoms with E-state index >= 15 is 0 Å². The molecule has 2 aromatic rings. The molecule has 0 bridgehead atoms. The summed E-state index contributed by atoms with van der Waals surface area (Å²) in [6.45, 7) is 9.34. The van der Waals surface area contributed by atoms with Crippen LogP contribution in [-0.4, -0.2) is 69.8 Å². The van der Waals surface area contributed by atoms with Gasteiger partial charge < -0.3 is 28.6 Å². The third-order valence-corrected chi connectivity index (χ3v) is 11.9. The maximum atomic E-state index is 12.3. The van der Waals surface area contributed by atoms with Crippen molar-refractivity contribution in [1.82, 2.24) is 5.06 Å². The molecule has 16 heteroatoms. The fraction of sp³-hybridized carbons (Fsp3) is 0.436. The second-order valence-electron chi connectivity index (χ2n) is 14.8. The number of allylic oxidation sites excluding steroid dienone is 6. The molecule has 1 unspecified atom stereocenters. The van der Waals surface area contributed by atoms with Crippen LogP contribution in [0.4, 0.5) is 11.4 Å². The van der Waals surface area contributed by atoms with Gasteiger partial charge >= 0.3 is 35.5 Å². The van der Waals surface area contributed by atoms with Crippen LogP contribution in [0.15, 0.2) is 78.5 Å². The summed E-state index contributed by atoms with van der Waals surface area (Å²) >= 11 is 0. The average Bonchev–Trinajstić information content (AvgIpc) is 3.60. The summed E-state index contributed by atoms with van der Waals surface area (Å²) in [6.07, 6.45) is 12.4. The smallest absolute Gasteiger partial charge is 0.775 e. The van der Waals surface area contributed by atoms with E-state index in [4.69, 9.17) is 4.84 Å². The Morgan fingerprint density at radius 1 is 0.945 bits per heavy atom. The van der Waals surface area contributed by atoms with Crippen LogP contribution in [0.3, 0.4) is 0 Å². The molecule has 0 aliphatic carbocycles. The zero-order valence-corrected chi connectivity index (χ0v) is 35.7. The maximum Gasteiger partial charge on any atom is 1.00 e. The van der Waals surface area contributed by atoms with Crippen molar-refractivity contribution in [2.45, 2.75) is 89.9 Å². The second kappa shape index (κ2) is 17.9. The van der Waals surface area contributed by atoms with Gasteiger partial charge in [0, 0.05) is 77.8 Å². The first-order valence-electron chi connectivity index (χ1n) is 18.1. The number of nitrogens with zero attached hydrogens (tertiary/aromatic N) is 3. The van der Waals surface area contributed by atoms with Crippen molar-refractivity contribution in [3.63, 3.8) is 0 Å². The second-order valence-corrected chi connectivity index (χ2v) is 17.9. The van der Waals surface area contributed by atoms with Crippen LogP contribution in [0.1, 0.15) is 90.2 Å². The Hall–Kier alpha value is -3.20. The van der Waals surface area contributed by atoms with E-state index in [1.54, 1.807) is 6.07 Å². The molecule has 0 saturated carbocycles. The summed E-state index contributed by atoms with van der Waals surface area (Å²) in [5.41, 5.74) is 4.70. The standard InChI is InChI=1S/C39H48N3O10PS.Na/c1-38(2)29-15-10-11-16-31(29)40(25-13-14-26-54(49,50)51)33(38)17-7-5-8-18-34-39(3,4)30-27-28(53(46,47)48)20-21-32(30)41(34)24-12-6-9-19-37(45)52-42-35(43)22-23-36(42)44;/h5,7-8,10-11,15-18,20-21,27H,6,9,12-14,19,22-26H2,1-4H3,(H2-,46,47,48,49,50,51);/q;+1/p-1. The number of anilines is 1. The average molecular weight is 804 g/mol. The summed E-state index contributed by atoms with van der Waals surface area (Å²) in [5, 5.41) is 0.378. The van der Waals surface area contributed by atoms with Crippen molar-refractivity contribution in [2.24, 2.45) is 0 Å². The van der Waals surface area contributed by atoms with Crippen LogP contribution in [0, 0.1) is 0 Å². The molecule has 2 amide bonds. The van der Waals surface area contributed by atoms with Gasteiger partial charge in [-0.15, -0.1) is 5.06 Å². The molecule has 0 spiro atoms. The first kappa shape index (κ1) is 44.5. The molecule has 3 aliphatic heterocycles. The quantitative estimate of drug-likeness (QED) is 0.0493. The minimum absolute atomic E-state index is 0. The summed E-state index contributed by atoms with van der Waals surface area (Å²) in [5.74, 6) is -2.10. The fourth-order valence-electron chi connectivity index (χ4n) is 7.39. The van der Waals surface area contributed by atoms with Crippen LogP contribution in [-0.2, 0) is 44.7 Å². The van der Waals surface area contributed by atoms with Crippen LogP contribution >= 0.6 is 7.60 Å². The Kier molecular flexibility index (Phi) is 14.5. The molecule has 13 nitrogen and oxygen atoms in total. The van der Waals surface area contributed by atoms with Gasteiger partial charge in [-0.3, -0.25) is 9.59 Å². The van der Waals surface area contributed by atoms with Gasteiger partial charge in [0.25, 0.3) is 11.8 Å². The fourth-order valence-corrected chi connectivity index (χ4v) is 8.50. The zero-order valence-electron chi connectivity index (χ0n) is 32.0. The predicted molar refractivity (Wildman–Crippen MR) is 201 cm³/mol. The number of benzene rings is 2. The molecular weight excluding hydrogens is 756 g/mol. The number of amides is 2. The van der Waals surface area contributed by atoms with E-state index in [1.165, 1.54) is 12.1 Å². The third-order valence-electron chi connectivity index (χ3n) is 10.2. The minimum atomic E-state index is -4.75. The predicted octanol–water partition coefficient (Wildman–Crippen LogP) is 1.52. The number of carbonyl (C=O) groups excluding carboxylic acids is 3.